The first-order valence-corrected chi connectivity index (χ1v) is 14.4. The van der Waals surface area contributed by atoms with Gasteiger partial charge in [-0.2, -0.15) is 0 Å². The molecule has 3 aromatic carbocycles. The van der Waals surface area contributed by atoms with Gasteiger partial charge in [-0.1, -0.05) is 49.2 Å². The van der Waals surface area contributed by atoms with Crippen LogP contribution >= 0.6 is 30.8 Å². The van der Waals surface area contributed by atoms with Gasteiger partial charge in [0, 0.05) is 16.5 Å². The second-order valence-corrected chi connectivity index (χ2v) is 12.4. The molecule has 0 spiro atoms. The third-order valence-electron chi connectivity index (χ3n) is 6.37. The number of phenols is 1. The van der Waals surface area contributed by atoms with Crippen molar-refractivity contribution in [3.05, 3.63) is 92.0 Å². The first-order valence-electron chi connectivity index (χ1n) is 12.0. The summed E-state index contributed by atoms with van der Waals surface area (Å²) in [5.74, 6) is 1.18. The fourth-order valence-electron chi connectivity index (χ4n) is 4.48. The average molecular weight is 549 g/mol. The van der Waals surface area contributed by atoms with E-state index >= 15 is 0 Å². The highest BCUT2D eigenvalue weighted by Gasteiger charge is 2.35. The maximum atomic E-state index is 13.3. The maximum absolute atomic E-state index is 13.3. The topological polar surface area (TPSA) is 65.0 Å². The Morgan fingerprint density at radius 1 is 1.06 bits per heavy atom. The summed E-state index contributed by atoms with van der Waals surface area (Å²) in [6.45, 7) is 8.50. The highest BCUT2D eigenvalue weighted by Crippen LogP contribution is 2.56. The summed E-state index contributed by atoms with van der Waals surface area (Å²) < 4.78 is 30.6. The van der Waals surface area contributed by atoms with Crippen LogP contribution in [0, 0.1) is 13.8 Å². The van der Waals surface area contributed by atoms with Crippen molar-refractivity contribution in [2.75, 3.05) is 13.0 Å². The van der Waals surface area contributed by atoms with Gasteiger partial charge in [-0.3, -0.25) is 9.09 Å². The van der Waals surface area contributed by atoms with Gasteiger partial charge >= 0.3 is 7.60 Å². The molecule has 8 heteroatoms. The number of rotatable bonds is 7. The summed E-state index contributed by atoms with van der Waals surface area (Å²) in [5.41, 5.74) is 6.17. The number of aryl methyl sites for hydroxylation is 2. The van der Waals surface area contributed by atoms with Crippen LogP contribution in [0.3, 0.4) is 0 Å². The van der Waals surface area contributed by atoms with E-state index in [1.165, 1.54) is 5.56 Å². The van der Waals surface area contributed by atoms with Gasteiger partial charge < -0.3 is 14.4 Å². The summed E-state index contributed by atoms with van der Waals surface area (Å²) in [6, 6.07) is 14.8. The number of phenolic OH excluding ortho intramolecular Hbond substituents is 1. The number of hydrogen-bond donors (Lipinski definition) is 1. The Hall–Kier alpha value is -2.01. The van der Waals surface area contributed by atoms with E-state index in [4.69, 9.17) is 37.0 Å². The Labute approximate surface area is 222 Å². The molecular formula is C28H31Cl2O5P. The predicted molar refractivity (Wildman–Crippen MR) is 145 cm³/mol. The Bertz CT molecular complexity index is 1260. The first-order chi connectivity index (χ1) is 17.0. The van der Waals surface area contributed by atoms with Crippen molar-refractivity contribution in [1.29, 1.82) is 0 Å². The molecule has 0 amide bonds. The van der Waals surface area contributed by atoms with Gasteiger partial charge in [-0.25, -0.2) is 0 Å². The van der Waals surface area contributed by atoms with Gasteiger partial charge in [0.15, 0.2) is 6.35 Å². The molecule has 5 nitrogen and oxygen atoms in total. The minimum Gasteiger partial charge on any atom is -0.508 e. The lowest BCUT2D eigenvalue weighted by atomic mass is 9.93. The molecule has 0 aromatic heterocycles. The van der Waals surface area contributed by atoms with Crippen LogP contribution in [0.2, 0.25) is 10.0 Å². The standard InChI is InChI=1S/C28H31Cl2O5P/c1-17(2)25-11-20(5-6-27(25)31)12-26-18(3)9-24(10-19(26)4)33-16-36(32)34-8-7-28(35-36)21-13-22(29)15-23(30)14-21/h5-6,9-11,13-15,17,28,31H,7-8,12,16H2,1-4H3/t28-,36?/m0/s1. The lowest BCUT2D eigenvalue weighted by Gasteiger charge is -2.30. The highest BCUT2D eigenvalue weighted by atomic mass is 35.5. The van der Waals surface area contributed by atoms with Crippen molar-refractivity contribution in [3.63, 3.8) is 0 Å². The van der Waals surface area contributed by atoms with Crippen molar-refractivity contribution in [2.45, 2.75) is 52.6 Å². The predicted octanol–water partition coefficient (Wildman–Crippen LogP) is 8.74. The van der Waals surface area contributed by atoms with Crippen LogP contribution in [0.5, 0.6) is 11.5 Å². The number of aromatic hydroxyl groups is 1. The lowest BCUT2D eigenvalue weighted by Crippen LogP contribution is -2.17. The molecule has 1 N–H and O–H groups in total. The number of hydrogen-bond acceptors (Lipinski definition) is 5. The zero-order chi connectivity index (χ0) is 26.0. The summed E-state index contributed by atoms with van der Waals surface area (Å²) in [5, 5.41) is 11.1. The summed E-state index contributed by atoms with van der Waals surface area (Å²) in [7, 11) is -3.48. The van der Waals surface area contributed by atoms with Crippen LogP contribution in [0.25, 0.3) is 0 Å². The van der Waals surface area contributed by atoms with Crippen molar-refractivity contribution >= 4 is 30.8 Å². The molecule has 1 fully saturated rings. The molecule has 1 aliphatic rings. The highest BCUT2D eigenvalue weighted by molar-refractivity contribution is 7.53. The van der Waals surface area contributed by atoms with E-state index in [1.54, 1.807) is 24.3 Å². The van der Waals surface area contributed by atoms with Crippen molar-refractivity contribution in [3.8, 4) is 11.5 Å². The molecule has 1 unspecified atom stereocenters. The minimum atomic E-state index is -3.48. The second-order valence-electron chi connectivity index (χ2n) is 9.56. The fourth-order valence-corrected chi connectivity index (χ4v) is 6.53. The van der Waals surface area contributed by atoms with Crippen molar-refractivity contribution in [1.82, 2.24) is 0 Å². The Morgan fingerprint density at radius 3 is 2.36 bits per heavy atom. The van der Waals surface area contributed by atoms with E-state index in [0.29, 0.717) is 28.0 Å². The van der Waals surface area contributed by atoms with Crippen molar-refractivity contribution < 1.29 is 23.5 Å². The molecule has 2 atom stereocenters. The van der Waals surface area contributed by atoms with E-state index in [1.807, 2.05) is 32.0 Å². The Balaban J connectivity index is 1.46. The van der Waals surface area contributed by atoms with E-state index in [0.717, 1.165) is 34.2 Å². The van der Waals surface area contributed by atoms with Crippen LogP contribution in [0.1, 0.15) is 65.7 Å². The van der Waals surface area contributed by atoms with Crippen LogP contribution in [0.4, 0.5) is 0 Å². The zero-order valence-corrected chi connectivity index (χ0v) is 23.3. The molecule has 0 saturated carbocycles. The molecule has 0 bridgehead atoms. The quantitative estimate of drug-likeness (QED) is 0.299. The third-order valence-corrected chi connectivity index (χ3v) is 8.40. The molecule has 1 saturated heterocycles. The molecule has 3 aromatic rings. The summed E-state index contributed by atoms with van der Waals surface area (Å²) in [6.07, 6.45) is 0.665. The van der Waals surface area contributed by atoms with Crippen LogP contribution < -0.4 is 4.74 Å². The van der Waals surface area contributed by atoms with Gasteiger partial charge in [-0.15, -0.1) is 0 Å². The molecule has 0 radical (unpaired) electrons. The van der Waals surface area contributed by atoms with Gasteiger partial charge in [0.25, 0.3) is 0 Å². The summed E-state index contributed by atoms with van der Waals surface area (Å²) in [4.78, 5) is 0. The van der Waals surface area contributed by atoms with Gasteiger partial charge in [0.2, 0.25) is 0 Å². The van der Waals surface area contributed by atoms with Crippen LogP contribution in [-0.2, 0) is 20.0 Å². The zero-order valence-electron chi connectivity index (χ0n) is 20.9. The van der Waals surface area contributed by atoms with Crippen molar-refractivity contribution in [2.24, 2.45) is 0 Å². The number of ether oxygens (including phenoxy) is 1. The molecule has 1 heterocycles. The van der Waals surface area contributed by atoms with Crippen LogP contribution in [-0.4, -0.2) is 18.1 Å². The maximum Gasteiger partial charge on any atom is 0.368 e. The second kappa shape index (κ2) is 11.2. The normalized spacial score (nSPS) is 20.0. The average Bonchev–Trinajstić information content (AvgIpc) is 2.80. The molecule has 0 aliphatic carbocycles. The molecule has 36 heavy (non-hydrogen) atoms. The van der Waals surface area contributed by atoms with E-state index in [2.05, 4.69) is 19.9 Å². The Kier molecular flexibility index (Phi) is 8.38. The lowest BCUT2D eigenvalue weighted by molar-refractivity contribution is 0.0725. The smallest absolute Gasteiger partial charge is 0.368 e. The molecule has 4 rings (SSSR count). The largest absolute Gasteiger partial charge is 0.508 e. The van der Waals surface area contributed by atoms with E-state index < -0.39 is 13.7 Å². The van der Waals surface area contributed by atoms with Gasteiger partial charge in [-0.05, 0) is 96.0 Å². The van der Waals surface area contributed by atoms with E-state index in [-0.39, 0.29) is 18.9 Å². The molecule has 1 aliphatic heterocycles. The molecular weight excluding hydrogens is 518 g/mol. The fraction of sp³-hybridized carbons (Fsp3) is 0.357. The van der Waals surface area contributed by atoms with E-state index in [9.17, 15) is 9.67 Å². The molecule has 192 valence electrons. The minimum absolute atomic E-state index is 0.189. The third kappa shape index (κ3) is 6.45. The monoisotopic (exact) mass is 548 g/mol. The van der Waals surface area contributed by atoms with Crippen LogP contribution in [0.15, 0.2) is 48.5 Å². The number of halogens is 2. The van der Waals surface area contributed by atoms with Gasteiger partial charge in [0.1, 0.15) is 11.5 Å². The van der Waals surface area contributed by atoms with Gasteiger partial charge in [0.05, 0.1) is 12.7 Å². The first kappa shape index (κ1) is 27.0. The SMILES string of the molecule is Cc1cc(OCP2(=O)OCC[C@@H](c3cc(Cl)cc(Cl)c3)O2)cc(C)c1Cc1ccc(O)c(C(C)C)c1. The number of benzene rings is 3. The Morgan fingerprint density at radius 2 is 1.72 bits per heavy atom. The summed E-state index contributed by atoms with van der Waals surface area (Å²) >= 11 is 12.3.